The molecule has 12 heteroatoms. The molecule has 0 saturated carbocycles. The SMILES string of the molecule is C=CC(=O)OCCCCCCOc1ccc(C(=O)Oc2ccc(OC(=O)c3ccc(OC(=O)c4ccc(OCCOC(=O)C=C)cc4)cc3)cc2)cc1. The largest absolute Gasteiger partial charge is 0.494 e. The summed E-state index contributed by atoms with van der Waals surface area (Å²) < 4.78 is 37.2. The molecule has 0 aliphatic heterocycles. The van der Waals surface area contributed by atoms with Gasteiger partial charge in [-0.05, 0) is 123 Å². The number of hydrogen-bond acceptors (Lipinski definition) is 12. The van der Waals surface area contributed by atoms with E-state index < -0.39 is 29.8 Å². The molecule has 0 unspecified atom stereocenters. The first-order valence-corrected chi connectivity index (χ1v) is 16.6. The number of carbonyl (C=O) groups excluding carboxylic acids is 5. The van der Waals surface area contributed by atoms with Crippen LogP contribution < -0.4 is 23.7 Å². The van der Waals surface area contributed by atoms with Gasteiger partial charge >= 0.3 is 29.8 Å². The number of rotatable bonds is 20. The molecule has 0 saturated heterocycles. The zero-order valence-corrected chi connectivity index (χ0v) is 28.9. The van der Waals surface area contributed by atoms with E-state index in [1.54, 1.807) is 36.4 Å². The molecule has 274 valence electrons. The molecule has 4 aromatic rings. The summed E-state index contributed by atoms with van der Waals surface area (Å²) in [6.45, 7) is 7.75. The van der Waals surface area contributed by atoms with Crippen molar-refractivity contribution in [3.05, 3.63) is 139 Å². The molecule has 4 aromatic carbocycles. The summed E-state index contributed by atoms with van der Waals surface area (Å²) in [6, 6.07) is 24.7. The van der Waals surface area contributed by atoms with E-state index in [0.29, 0.717) is 30.3 Å². The van der Waals surface area contributed by atoms with Crippen molar-refractivity contribution in [2.45, 2.75) is 25.7 Å². The van der Waals surface area contributed by atoms with E-state index in [4.69, 9.17) is 33.2 Å². The maximum Gasteiger partial charge on any atom is 0.343 e. The fourth-order valence-electron chi connectivity index (χ4n) is 4.45. The topological polar surface area (TPSA) is 150 Å². The molecule has 12 nitrogen and oxygen atoms in total. The second kappa shape index (κ2) is 20.9. The highest BCUT2D eigenvalue weighted by Gasteiger charge is 2.14. The highest BCUT2D eigenvalue weighted by molar-refractivity contribution is 5.93. The number of unbranched alkanes of at least 4 members (excludes halogenated alkanes) is 3. The van der Waals surface area contributed by atoms with Gasteiger partial charge in [-0.15, -0.1) is 0 Å². The summed E-state index contributed by atoms with van der Waals surface area (Å²) in [5.74, 6) is -0.964. The van der Waals surface area contributed by atoms with Crippen molar-refractivity contribution < 1.29 is 57.1 Å². The Kier molecular flexibility index (Phi) is 15.4. The van der Waals surface area contributed by atoms with E-state index in [0.717, 1.165) is 37.8 Å². The van der Waals surface area contributed by atoms with Crippen LogP contribution in [-0.2, 0) is 19.1 Å². The first-order chi connectivity index (χ1) is 25.7. The van der Waals surface area contributed by atoms with Crippen LogP contribution >= 0.6 is 0 Å². The molecule has 0 heterocycles. The van der Waals surface area contributed by atoms with Gasteiger partial charge in [0.05, 0.1) is 29.9 Å². The summed E-state index contributed by atoms with van der Waals surface area (Å²) in [4.78, 5) is 60.0. The molecule has 0 N–H and O–H groups in total. The molecular weight excluding hydrogens is 684 g/mol. The van der Waals surface area contributed by atoms with Gasteiger partial charge in [0.15, 0.2) is 0 Å². The molecule has 0 aliphatic rings. The van der Waals surface area contributed by atoms with E-state index in [9.17, 15) is 24.0 Å². The van der Waals surface area contributed by atoms with Crippen LogP contribution in [-0.4, -0.2) is 56.3 Å². The lowest BCUT2D eigenvalue weighted by atomic mass is 10.2. The van der Waals surface area contributed by atoms with Gasteiger partial charge in [0.25, 0.3) is 0 Å². The molecule has 0 amide bonds. The smallest absolute Gasteiger partial charge is 0.343 e. The van der Waals surface area contributed by atoms with Crippen LogP contribution in [0.2, 0.25) is 0 Å². The maximum absolute atomic E-state index is 12.7. The number of hydrogen-bond donors (Lipinski definition) is 0. The summed E-state index contributed by atoms with van der Waals surface area (Å²) in [5, 5.41) is 0. The van der Waals surface area contributed by atoms with Crippen molar-refractivity contribution >= 4 is 29.8 Å². The van der Waals surface area contributed by atoms with Crippen LogP contribution in [0.1, 0.15) is 56.8 Å². The third-order valence-corrected chi connectivity index (χ3v) is 7.21. The van der Waals surface area contributed by atoms with E-state index in [1.807, 2.05) is 0 Å². The van der Waals surface area contributed by atoms with Crippen LogP contribution in [0.15, 0.2) is 122 Å². The lowest BCUT2D eigenvalue weighted by molar-refractivity contribution is -0.139. The first-order valence-electron chi connectivity index (χ1n) is 16.6. The van der Waals surface area contributed by atoms with Crippen molar-refractivity contribution in [3.63, 3.8) is 0 Å². The average molecular weight is 723 g/mol. The summed E-state index contributed by atoms with van der Waals surface area (Å²) in [6.07, 6.45) is 5.66. The Bertz CT molecular complexity index is 1850. The van der Waals surface area contributed by atoms with E-state index in [2.05, 4.69) is 13.2 Å². The third-order valence-electron chi connectivity index (χ3n) is 7.21. The highest BCUT2D eigenvalue weighted by Crippen LogP contribution is 2.22. The Morgan fingerprint density at radius 3 is 1.11 bits per heavy atom. The fraction of sp³-hybridized carbons (Fsp3) is 0.195. The molecule has 4 rings (SSSR count). The average Bonchev–Trinajstić information content (AvgIpc) is 3.18. The van der Waals surface area contributed by atoms with Gasteiger partial charge < -0.3 is 33.2 Å². The highest BCUT2D eigenvalue weighted by atomic mass is 16.6. The number of carbonyl (C=O) groups is 5. The Hall–Kier alpha value is -6.69. The van der Waals surface area contributed by atoms with E-state index >= 15 is 0 Å². The van der Waals surface area contributed by atoms with Gasteiger partial charge in [-0.25, -0.2) is 24.0 Å². The molecular formula is C41H38O12. The van der Waals surface area contributed by atoms with Crippen molar-refractivity contribution in [2.24, 2.45) is 0 Å². The van der Waals surface area contributed by atoms with Crippen molar-refractivity contribution in [1.82, 2.24) is 0 Å². The zero-order valence-electron chi connectivity index (χ0n) is 28.9. The van der Waals surface area contributed by atoms with E-state index in [1.165, 1.54) is 60.7 Å². The van der Waals surface area contributed by atoms with Crippen LogP contribution in [0.5, 0.6) is 28.7 Å². The van der Waals surface area contributed by atoms with Crippen molar-refractivity contribution in [3.8, 4) is 28.7 Å². The zero-order chi connectivity index (χ0) is 37.8. The van der Waals surface area contributed by atoms with Crippen molar-refractivity contribution in [2.75, 3.05) is 26.4 Å². The van der Waals surface area contributed by atoms with Crippen LogP contribution in [0.25, 0.3) is 0 Å². The van der Waals surface area contributed by atoms with Crippen LogP contribution in [0, 0.1) is 0 Å². The predicted molar refractivity (Wildman–Crippen MR) is 192 cm³/mol. The van der Waals surface area contributed by atoms with Crippen molar-refractivity contribution in [1.29, 1.82) is 0 Å². The van der Waals surface area contributed by atoms with Gasteiger partial charge in [-0.2, -0.15) is 0 Å². The molecule has 0 bridgehead atoms. The minimum absolute atomic E-state index is 0.0558. The molecule has 0 aromatic heterocycles. The maximum atomic E-state index is 12.7. The minimum Gasteiger partial charge on any atom is -0.494 e. The van der Waals surface area contributed by atoms with Crippen LogP contribution in [0.3, 0.4) is 0 Å². The second-order valence-corrected chi connectivity index (χ2v) is 11.1. The van der Waals surface area contributed by atoms with Gasteiger partial charge in [0.2, 0.25) is 0 Å². The molecule has 0 fully saturated rings. The number of benzene rings is 4. The normalized spacial score (nSPS) is 10.3. The lowest BCUT2D eigenvalue weighted by Gasteiger charge is -2.09. The summed E-state index contributed by atoms with van der Waals surface area (Å²) in [7, 11) is 0. The second-order valence-electron chi connectivity index (χ2n) is 11.1. The summed E-state index contributed by atoms with van der Waals surface area (Å²) in [5.41, 5.74) is 0.830. The van der Waals surface area contributed by atoms with Crippen LogP contribution in [0.4, 0.5) is 0 Å². The quantitative estimate of drug-likeness (QED) is 0.0396. The predicted octanol–water partition coefficient (Wildman–Crippen LogP) is 7.12. The summed E-state index contributed by atoms with van der Waals surface area (Å²) >= 11 is 0. The van der Waals surface area contributed by atoms with E-state index in [-0.39, 0.29) is 41.6 Å². The first kappa shape index (κ1) is 39.1. The third kappa shape index (κ3) is 13.5. The number of esters is 5. The number of ether oxygens (including phenoxy) is 7. The minimum atomic E-state index is -0.642. The molecule has 0 spiro atoms. The van der Waals surface area contributed by atoms with Gasteiger partial charge in [0, 0.05) is 12.2 Å². The lowest BCUT2D eigenvalue weighted by Crippen LogP contribution is -2.11. The standard InChI is InChI=1S/C41H38O12/c1-3-37(42)49-26-8-6-5-7-25-47-32-15-9-29(10-16-32)40(45)52-35-21-23-36(24-22-35)53-41(46)31-13-19-34(20-14-31)51-39(44)30-11-17-33(18-12-30)48-27-28-50-38(43)4-2/h3-4,9-24H,1-2,5-8,25-28H2. The Balaban J connectivity index is 1.16. The Morgan fingerprint density at radius 2 is 0.717 bits per heavy atom. The molecule has 53 heavy (non-hydrogen) atoms. The fourth-order valence-corrected chi connectivity index (χ4v) is 4.45. The Labute approximate surface area is 306 Å². The van der Waals surface area contributed by atoms with Gasteiger partial charge in [0.1, 0.15) is 42.0 Å². The monoisotopic (exact) mass is 722 g/mol. The van der Waals surface area contributed by atoms with Gasteiger partial charge in [-0.3, -0.25) is 0 Å². The molecule has 0 radical (unpaired) electrons. The molecule has 0 aliphatic carbocycles. The van der Waals surface area contributed by atoms with Gasteiger partial charge in [-0.1, -0.05) is 13.2 Å². The Morgan fingerprint density at radius 1 is 0.396 bits per heavy atom. The molecule has 0 atom stereocenters.